The van der Waals surface area contributed by atoms with Crippen LogP contribution in [0.2, 0.25) is 0 Å². The topological polar surface area (TPSA) is 64.3 Å². The number of nitrogens with two attached hydrogens (primary N) is 1. The summed E-state index contributed by atoms with van der Waals surface area (Å²) in [5.41, 5.74) is 6.87. The van der Waals surface area contributed by atoms with E-state index < -0.39 is 0 Å². The molecular weight excluding hydrogens is 296 g/mol. The minimum Gasteiger partial charge on any atom is -0.399 e. The molecule has 2 rings (SSSR count). The van der Waals surface area contributed by atoms with Crippen molar-refractivity contribution in [1.29, 1.82) is 0 Å². The number of anilines is 1. The number of hydrogen-bond donors (Lipinski definition) is 2. The molecule has 1 aromatic carbocycles. The third kappa shape index (κ3) is 3.03. The van der Waals surface area contributed by atoms with Crippen LogP contribution in [0.3, 0.4) is 0 Å². The predicted octanol–water partition coefficient (Wildman–Crippen LogP) is 2.33. The first kappa shape index (κ1) is 13.4. The average molecular weight is 313 g/mol. The summed E-state index contributed by atoms with van der Waals surface area (Å²) in [5, 5.41) is 3.01. The van der Waals surface area contributed by atoms with E-state index in [1.165, 1.54) is 0 Å². The van der Waals surface area contributed by atoms with Gasteiger partial charge >= 0.3 is 0 Å². The molecule has 1 saturated carbocycles. The van der Waals surface area contributed by atoms with Gasteiger partial charge in [0.1, 0.15) is 0 Å². The van der Waals surface area contributed by atoms with Gasteiger partial charge in [0.15, 0.2) is 0 Å². The Morgan fingerprint density at radius 2 is 2.22 bits per heavy atom. The standard InChI is InChI=1S/C13H17BrN2O2/c1-18-12-4-2-3-11(12)16-13(17)8-5-9(14)7-10(15)6-8/h5-7,11-12H,2-4,15H2,1H3,(H,16,17). The second-order valence-corrected chi connectivity index (χ2v) is 5.47. The molecule has 18 heavy (non-hydrogen) atoms. The van der Waals surface area contributed by atoms with Gasteiger partial charge in [0.05, 0.1) is 12.1 Å². The minimum atomic E-state index is -0.100. The second kappa shape index (κ2) is 5.71. The summed E-state index contributed by atoms with van der Waals surface area (Å²) in [6.07, 6.45) is 3.18. The van der Waals surface area contributed by atoms with Gasteiger partial charge in [-0.05, 0) is 37.5 Å². The number of hydrogen-bond acceptors (Lipinski definition) is 3. The lowest BCUT2D eigenvalue weighted by Crippen LogP contribution is -2.40. The molecule has 2 unspecified atom stereocenters. The van der Waals surface area contributed by atoms with E-state index in [-0.39, 0.29) is 18.1 Å². The number of rotatable bonds is 3. The molecule has 0 saturated heterocycles. The summed E-state index contributed by atoms with van der Waals surface area (Å²) in [6.45, 7) is 0. The van der Waals surface area contributed by atoms with E-state index in [0.29, 0.717) is 11.3 Å². The first-order valence-electron chi connectivity index (χ1n) is 6.00. The molecule has 0 bridgehead atoms. The van der Waals surface area contributed by atoms with E-state index in [1.54, 1.807) is 25.3 Å². The van der Waals surface area contributed by atoms with Gasteiger partial charge in [0.2, 0.25) is 0 Å². The van der Waals surface area contributed by atoms with Crippen molar-refractivity contribution in [2.24, 2.45) is 0 Å². The van der Waals surface area contributed by atoms with Gasteiger partial charge in [-0.15, -0.1) is 0 Å². The third-order valence-electron chi connectivity index (χ3n) is 3.25. The molecule has 0 heterocycles. The Morgan fingerprint density at radius 1 is 1.44 bits per heavy atom. The molecule has 1 amide bonds. The third-order valence-corrected chi connectivity index (χ3v) is 3.71. The highest BCUT2D eigenvalue weighted by atomic mass is 79.9. The number of amides is 1. The summed E-state index contributed by atoms with van der Waals surface area (Å²) in [7, 11) is 1.69. The fraction of sp³-hybridized carbons (Fsp3) is 0.462. The van der Waals surface area contributed by atoms with Gasteiger partial charge in [-0.2, -0.15) is 0 Å². The Balaban J connectivity index is 2.07. The zero-order valence-electron chi connectivity index (χ0n) is 10.3. The van der Waals surface area contributed by atoms with E-state index in [0.717, 1.165) is 23.7 Å². The molecule has 4 nitrogen and oxygen atoms in total. The van der Waals surface area contributed by atoms with Crippen molar-refractivity contribution < 1.29 is 9.53 Å². The SMILES string of the molecule is COC1CCCC1NC(=O)c1cc(N)cc(Br)c1. The molecule has 1 aliphatic rings. The van der Waals surface area contributed by atoms with Crippen LogP contribution in [-0.2, 0) is 4.74 Å². The molecule has 0 aliphatic heterocycles. The van der Waals surface area contributed by atoms with Gasteiger partial charge < -0.3 is 15.8 Å². The summed E-state index contributed by atoms with van der Waals surface area (Å²) >= 11 is 3.33. The zero-order valence-corrected chi connectivity index (χ0v) is 11.9. The van der Waals surface area contributed by atoms with Crippen LogP contribution >= 0.6 is 15.9 Å². The molecule has 3 N–H and O–H groups in total. The van der Waals surface area contributed by atoms with Crippen molar-refractivity contribution >= 4 is 27.5 Å². The highest BCUT2D eigenvalue weighted by Gasteiger charge is 2.28. The van der Waals surface area contributed by atoms with Crippen LogP contribution < -0.4 is 11.1 Å². The van der Waals surface area contributed by atoms with Crippen molar-refractivity contribution in [2.45, 2.75) is 31.4 Å². The Morgan fingerprint density at radius 3 is 2.89 bits per heavy atom. The van der Waals surface area contributed by atoms with E-state index in [9.17, 15) is 4.79 Å². The Labute approximate surface area is 115 Å². The zero-order chi connectivity index (χ0) is 13.1. The number of carbonyl (C=O) groups excluding carboxylic acids is 1. The first-order chi connectivity index (χ1) is 8.60. The van der Waals surface area contributed by atoms with E-state index in [2.05, 4.69) is 21.2 Å². The van der Waals surface area contributed by atoms with Crippen LogP contribution in [0, 0.1) is 0 Å². The predicted molar refractivity (Wildman–Crippen MR) is 74.5 cm³/mol. The quantitative estimate of drug-likeness (QED) is 0.842. The van der Waals surface area contributed by atoms with Crippen LogP contribution in [0.5, 0.6) is 0 Å². The monoisotopic (exact) mass is 312 g/mol. The van der Waals surface area contributed by atoms with Crippen molar-refractivity contribution in [3.05, 3.63) is 28.2 Å². The molecule has 5 heteroatoms. The molecule has 1 aliphatic carbocycles. The normalized spacial score (nSPS) is 23.0. The van der Waals surface area contributed by atoms with Crippen molar-refractivity contribution in [3.63, 3.8) is 0 Å². The van der Waals surface area contributed by atoms with Crippen LogP contribution in [0.15, 0.2) is 22.7 Å². The van der Waals surface area contributed by atoms with Crippen LogP contribution in [0.25, 0.3) is 0 Å². The number of methoxy groups -OCH3 is 1. The maximum Gasteiger partial charge on any atom is 0.251 e. The number of ether oxygens (including phenoxy) is 1. The number of halogens is 1. The van der Waals surface area contributed by atoms with E-state index >= 15 is 0 Å². The van der Waals surface area contributed by atoms with Crippen molar-refractivity contribution in [1.82, 2.24) is 5.32 Å². The molecule has 1 fully saturated rings. The Hall–Kier alpha value is -1.07. The van der Waals surface area contributed by atoms with Gasteiger partial charge in [0, 0.05) is 22.8 Å². The van der Waals surface area contributed by atoms with Crippen molar-refractivity contribution in [3.8, 4) is 0 Å². The maximum atomic E-state index is 12.1. The summed E-state index contributed by atoms with van der Waals surface area (Å²) < 4.78 is 6.17. The summed E-state index contributed by atoms with van der Waals surface area (Å²) in [4.78, 5) is 12.1. The lowest BCUT2D eigenvalue weighted by atomic mass is 10.1. The molecule has 0 aromatic heterocycles. The fourth-order valence-electron chi connectivity index (χ4n) is 2.37. The highest BCUT2D eigenvalue weighted by molar-refractivity contribution is 9.10. The van der Waals surface area contributed by atoms with Gasteiger partial charge in [-0.3, -0.25) is 4.79 Å². The average Bonchev–Trinajstić information content (AvgIpc) is 2.75. The summed E-state index contributed by atoms with van der Waals surface area (Å²) in [6, 6.07) is 5.31. The lowest BCUT2D eigenvalue weighted by Gasteiger charge is -2.19. The second-order valence-electron chi connectivity index (χ2n) is 4.56. The number of nitrogens with one attached hydrogen (secondary N) is 1. The largest absolute Gasteiger partial charge is 0.399 e. The Kier molecular flexibility index (Phi) is 4.24. The van der Waals surface area contributed by atoms with Gasteiger partial charge in [-0.1, -0.05) is 15.9 Å². The smallest absolute Gasteiger partial charge is 0.251 e. The van der Waals surface area contributed by atoms with E-state index in [4.69, 9.17) is 10.5 Å². The van der Waals surface area contributed by atoms with Gasteiger partial charge in [-0.25, -0.2) is 0 Å². The molecule has 0 spiro atoms. The highest BCUT2D eigenvalue weighted by Crippen LogP contribution is 2.23. The number of carbonyl (C=O) groups is 1. The summed E-state index contributed by atoms with van der Waals surface area (Å²) in [5.74, 6) is -0.100. The van der Waals surface area contributed by atoms with E-state index in [1.807, 2.05) is 0 Å². The molecule has 98 valence electrons. The van der Waals surface area contributed by atoms with Crippen molar-refractivity contribution in [2.75, 3.05) is 12.8 Å². The first-order valence-corrected chi connectivity index (χ1v) is 6.79. The van der Waals surface area contributed by atoms with Crippen LogP contribution in [-0.4, -0.2) is 25.2 Å². The van der Waals surface area contributed by atoms with Crippen LogP contribution in [0.1, 0.15) is 29.6 Å². The minimum absolute atomic E-state index is 0.0997. The number of benzene rings is 1. The fourth-order valence-corrected chi connectivity index (χ4v) is 2.88. The van der Waals surface area contributed by atoms with Crippen LogP contribution in [0.4, 0.5) is 5.69 Å². The van der Waals surface area contributed by atoms with Gasteiger partial charge in [0.25, 0.3) is 5.91 Å². The maximum absolute atomic E-state index is 12.1. The molecule has 0 radical (unpaired) electrons. The number of nitrogen functional groups attached to an aromatic ring is 1. The lowest BCUT2D eigenvalue weighted by molar-refractivity contribution is 0.0722. The molecule has 1 aromatic rings. The molecular formula is C13H17BrN2O2. The Bertz CT molecular complexity index is 430. The molecule has 2 atom stereocenters.